The number of aromatic nitrogens is 1. The molecule has 0 amide bonds. The first-order chi connectivity index (χ1) is 8.10. The molecule has 1 aliphatic carbocycles. The molecule has 17 heavy (non-hydrogen) atoms. The molecule has 0 saturated carbocycles. The zero-order valence-electron chi connectivity index (χ0n) is 9.57. The van der Waals surface area contributed by atoms with Crippen LogP contribution in [0.15, 0.2) is 28.6 Å². The summed E-state index contributed by atoms with van der Waals surface area (Å²) in [4.78, 5) is 25.5. The first-order valence-electron chi connectivity index (χ1n) is 5.17. The van der Waals surface area contributed by atoms with Crippen molar-refractivity contribution in [3.8, 4) is 11.8 Å². The van der Waals surface area contributed by atoms with Crippen LogP contribution in [-0.4, -0.2) is 10.8 Å². The number of carbonyl (C=O) groups excluding carboxylic acids is 1. The van der Waals surface area contributed by atoms with Crippen molar-refractivity contribution in [2.24, 2.45) is 5.18 Å². The highest BCUT2D eigenvalue weighted by Gasteiger charge is 2.26. The lowest BCUT2D eigenvalue weighted by Gasteiger charge is -2.10. The third-order valence-electron chi connectivity index (χ3n) is 2.42. The second-order valence-electron chi connectivity index (χ2n) is 3.91. The summed E-state index contributed by atoms with van der Waals surface area (Å²) in [6.45, 7) is 3.78. The fraction of sp³-hybridized carbons (Fsp3) is 0.231. The van der Waals surface area contributed by atoms with Gasteiger partial charge < -0.3 is 0 Å². The first kappa shape index (κ1) is 11.2. The van der Waals surface area contributed by atoms with Crippen molar-refractivity contribution in [3.63, 3.8) is 0 Å². The molecule has 1 aromatic heterocycles. The van der Waals surface area contributed by atoms with Crippen molar-refractivity contribution < 1.29 is 4.79 Å². The van der Waals surface area contributed by atoms with Crippen LogP contribution in [0, 0.1) is 30.6 Å². The maximum atomic E-state index is 11.0. The van der Waals surface area contributed by atoms with E-state index in [0.717, 1.165) is 17.0 Å². The molecule has 4 heteroatoms. The Morgan fingerprint density at radius 3 is 2.41 bits per heavy atom. The van der Waals surface area contributed by atoms with Crippen LogP contribution >= 0.6 is 0 Å². The molecule has 0 aromatic carbocycles. The Kier molecular flexibility index (Phi) is 2.84. The lowest BCUT2D eigenvalue weighted by Crippen LogP contribution is -2.15. The van der Waals surface area contributed by atoms with Gasteiger partial charge >= 0.3 is 0 Å². The molecule has 0 atom stereocenters. The Morgan fingerprint density at radius 2 is 1.88 bits per heavy atom. The molecule has 0 fully saturated rings. The molecule has 0 unspecified atom stereocenters. The molecule has 1 heterocycles. The highest BCUT2D eigenvalue weighted by Crippen LogP contribution is 2.24. The van der Waals surface area contributed by atoms with Gasteiger partial charge in [0, 0.05) is 28.9 Å². The Labute approximate surface area is 98.7 Å². The lowest BCUT2D eigenvalue weighted by atomic mass is 9.93. The van der Waals surface area contributed by atoms with Gasteiger partial charge in [0.1, 0.15) is 0 Å². The van der Waals surface area contributed by atoms with Crippen molar-refractivity contribution in [2.75, 3.05) is 0 Å². The molecular formula is C13H10N2O2. The van der Waals surface area contributed by atoms with Crippen molar-refractivity contribution in [3.05, 3.63) is 45.3 Å². The number of Topliss-reactive ketones (excluding diaryl/α,β-unsaturated/α-hetero) is 1. The van der Waals surface area contributed by atoms with Crippen LogP contribution in [0.25, 0.3) is 0 Å². The van der Waals surface area contributed by atoms with Gasteiger partial charge in [-0.3, -0.25) is 9.78 Å². The molecule has 1 aliphatic rings. The highest BCUT2D eigenvalue weighted by molar-refractivity contribution is 6.05. The molecule has 0 saturated heterocycles. The van der Waals surface area contributed by atoms with E-state index in [-0.39, 0.29) is 17.9 Å². The first-order valence-corrected chi connectivity index (χ1v) is 5.17. The number of aryl methyl sites for hydroxylation is 2. The second kappa shape index (κ2) is 4.30. The Bertz CT molecular complexity index is 583. The fourth-order valence-corrected chi connectivity index (χ4v) is 1.65. The van der Waals surface area contributed by atoms with E-state index in [2.05, 4.69) is 22.0 Å². The minimum atomic E-state index is -0.230. The second-order valence-corrected chi connectivity index (χ2v) is 3.91. The lowest BCUT2D eigenvalue weighted by molar-refractivity contribution is -0.116. The average molecular weight is 226 g/mol. The van der Waals surface area contributed by atoms with Crippen LogP contribution in [0.3, 0.4) is 0 Å². The molecule has 0 N–H and O–H groups in total. The van der Waals surface area contributed by atoms with Gasteiger partial charge in [-0.05, 0) is 31.2 Å². The van der Waals surface area contributed by atoms with Gasteiger partial charge in [-0.2, -0.15) is 0 Å². The van der Waals surface area contributed by atoms with E-state index in [1.54, 1.807) is 0 Å². The molecule has 84 valence electrons. The standard InChI is InChI=1S/C13H10N2O2/c1-8-5-10(6-9(2)14-8)3-4-11-7-12(16)13(11)15-17/h5-6H,7H2,1-2H3. The molecule has 0 spiro atoms. The summed E-state index contributed by atoms with van der Waals surface area (Å²) in [6.07, 6.45) is 0.219. The van der Waals surface area contributed by atoms with Gasteiger partial charge in [-0.25, -0.2) is 0 Å². The largest absolute Gasteiger partial charge is 0.292 e. The summed E-state index contributed by atoms with van der Waals surface area (Å²) >= 11 is 0. The summed E-state index contributed by atoms with van der Waals surface area (Å²) in [5, 5.41) is 2.67. The van der Waals surface area contributed by atoms with Crippen molar-refractivity contribution in [2.45, 2.75) is 20.3 Å². The van der Waals surface area contributed by atoms with Crippen LogP contribution in [0.2, 0.25) is 0 Å². The number of carbonyl (C=O) groups is 1. The maximum absolute atomic E-state index is 11.0. The Balaban J connectivity index is 2.31. The maximum Gasteiger partial charge on any atom is 0.190 e. The van der Waals surface area contributed by atoms with Gasteiger partial charge in [0.15, 0.2) is 11.5 Å². The molecule has 0 aliphatic heterocycles. The SMILES string of the molecule is Cc1cc(C#CC2=C(N=O)C(=O)C2)cc(C)n1. The average Bonchev–Trinajstić information content (AvgIpc) is 2.23. The van der Waals surface area contributed by atoms with E-state index in [4.69, 9.17) is 0 Å². The number of pyridine rings is 1. The summed E-state index contributed by atoms with van der Waals surface area (Å²) in [5.74, 6) is 5.49. The van der Waals surface area contributed by atoms with Crippen molar-refractivity contribution >= 4 is 5.78 Å². The number of nitrogens with zero attached hydrogens (tertiary/aromatic N) is 2. The molecular weight excluding hydrogens is 216 g/mol. The van der Waals surface area contributed by atoms with Crippen molar-refractivity contribution in [1.29, 1.82) is 0 Å². The van der Waals surface area contributed by atoms with Crippen LogP contribution in [0.5, 0.6) is 0 Å². The van der Waals surface area contributed by atoms with Crippen LogP contribution < -0.4 is 0 Å². The van der Waals surface area contributed by atoms with E-state index < -0.39 is 0 Å². The Morgan fingerprint density at radius 1 is 1.24 bits per heavy atom. The third-order valence-corrected chi connectivity index (χ3v) is 2.42. The van der Waals surface area contributed by atoms with Crippen LogP contribution in [0.1, 0.15) is 23.4 Å². The van der Waals surface area contributed by atoms with E-state index in [1.807, 2.05) is 26.0 Å². The molecule has 2 rings (SSSR count). The zero-order chi connectivity index (χ0) is 12.4. The molecule has 1 aromatic rings. The fourth-order valence-electron chi connectivity index (χ4n) is 1.65. The smallest absolute Gasteiger partial charge is 0.190 e. The number of nitroso groups, excluding NO2 is 1. The van der Waals surface area contributed by atoms with E-state index in [0.29, 0.717) is 5.57 Å². The summed E-state index contributed by atoms with van der Waals surface area (Å²) in [7, 11) is 0. The van der Waals surface area contributed by atoms with E-state index >= 15 is 0 Å². The van der Waals surface area contributed by atoms with Gasteiger partial charge in [-0.1, -0.05) is 11.8 Å². The predicted octanol–water partition coefficient (Wildman–Crippen LogP) is 2.04. The van der Waals surface area contributed by atoms with Gasteiger partial charge in [-0.15, -0.1) is 4.91 Å². The number of hydrogen-bond donors (Lipinski definition) is 0. The highest BCUT2D eigenvalue weighted by atomic mass is 16.3. The van der Waals surface area contributed by atoms with Crippen LogP contribution in [-0.2, 0) is 4.79 Å². The minimum Gasteiger partial charge on any atom is -0.292 e. The van der Waals surface area contributed by atoms with Gasteiger partial charge in [0.05, 0.1) is 0 Å². The topological polar surface area (TPSA) is 59.4 Å². The number of rotatable bonds is 1. The van der Waals surface area contributed by atoms with Gasteiger partial charge in [0.2, 0.25) is 0 Å². The molecule has 4 nitrogen and oxygen atoms in total. The zero-order valence-corrected chi connectivity index (χ0v) is 9.57. The predicted molar refractivity (Wildman–Crippen MR) is 63.0 cm³/mol. The minimum absolute atomic E-state index is 0.0278. The third kappa shape index (κ3) is 2.28. The normalized spacial score (nSPS) is 13.9. The van der Waals surface area contributed by atoms with Crippen molar-refractivity contribution in [1.82, 2.24) is 4.98 Å². The number of ketones is 1. The monoisotopic (exact) mass is 226 g/mol. The quantitative estimate of drug-likeness (QED) is 0.544. The number of allylic oxidation sites excluding steroid dienone is 2. The molecule has 0 radical (unpaired) electrons. The summed E-state index contributed by atoms with van der Waals surface area (Å²) in [5.41, 5.74) is 3.10. The summed E-state index contributed by atoms with van der Waals surface area (Å²) in [6, 6.07) is 3.71. The summed E-state index contributed by atoms with van der Waals surface area (Å²) < 4.78 is 0. The Hall–Kier alpha value is -2.28. The van der Waals surface area contributed by atoms with Crippen LogP contribution in [0.4, 0.5) is 0 Å². The molecule has 0 bridgehead atoms. The number of hydrogen-bond acceptors (Lipinski definition) is 4. The van der Waals surface area contributed by atoms with E-state index in [1.165, 1.54) is 0 Å². The van der Waals surface area contributed by atoms with E-state index in [9.17, 15) is 9.70 Å². The van der Waals surface area contributed by atoms with Gasteiger partial charge in [0.25, 0.3) is 0 Å².